The van der Waals surface area contributed by atoms with Gasteiger partial charge in [0.15, 0.2) is 5.96 Å². The molecule has 1 aromatic heterocycles. The highest BCUT2D eigenvalue weighted by atomic mass is 127. The van der Waals surface area contributed by atoms with Crippen molar-refractivity contribution in [2.24, 2.45) is 4.99 Å². The number of thiophene rings is 1. The Hall–Kier alpha value is -1.81. The molecule has 3 N–H and O–H groups in total. The van der Waals surface area contributed by atoms with Crippen LogP contribution in [0.2, 0.25) is 0 Å². The van der Waals surface area contributed by atoms with Gasteiger partial charge in [0.2, 0.25) is 5.91 Å². The minimum absolute atomic E-state index is 0. The lowest BCUT2D eigenvalue weighted by atomic mass is 10.1. The number of benzene rings is 1. The fraction of sp³-hybridized carbons (Fsp3) is 0.455. The monoisotopic (exact) mass is 544 g/mol. The average Bonchev–Trinajstić information content (AvgIpc) is 3.12. The molecule has 0 unspecified atom stereocenters. The molecule has 166 valence electrons. The summed E-state index contributed by atoms with van der Waals surface area (Å²) in [5.74, 6) is 1.28. The second kappa shape index (κ2) is 12.8. The van der Waals surface area contributed by atoms with E-state index < -0.39 is 0 Å². The van der Waals surface area contributed by atoms with Gasteiger partial charge in [0.1, 0.15) is 12.3 Å². The molecule has 0 aliphatic heterocycles. The smallest absolute Gasteiger partial charge is 0.242 e. The number of guanidine groups is 1. The number of carbonyl (C=O) groups excluding carboxylic acids is 1. The summed E-state index contributed by atoms with van der Waals surface area (Å²) in [7, 11) is 0. The van der Waals surface area contributed by atoms with E-state index in [2.05, 4.69) is 32.4 Å². The Balaban J connectivity index is 0.00000450. The summed E-state index contributed by atoms with van der Waals surface area (Å²) in [4.78, 5) is 17.9. The third-order valence-corrected chi connectivity index (χ3v) is 4.56. The number of ether oxygens (including phenoxy) is 1. The second-order valence-corrected chi connectivity index (χ2v) is 9.07. The van der Waals surface area contributed by atoms with Gasteiger partial charge in [0.05, 0.1) is 6.10 Å². The zero-order valence-electron chi connectivity index (χ0n) is 18.3. The maximum Gasteiger partial charge on any atom is 0.242 e. The van der Waals surface area contributed by atoms with E-state index in [9.17, 15) is 4.79 Å². The molecule has 0 bridgehead atoms. The average molecular weight is 545 g/mol. The molecule has 0 radical (unpaired) electrons. The molecule has 0 saturated carbocycles. The standard InChI is InChI=1S/C22H32N4O2S.HI/c1-16(2)28-18-10-8-17(9-11-18)25-21(23-13-12-19-7-6-14-29-19)24-15-20(27)26-22(3,4)5;/h6-11,14,16H,12-13,15H2,1-5H3,(H,26,27)(H2,23,24,25);1H. The van der Waals surface area contributed by atoms with E-state index in [-0.39, 0.29) is 48.1 Å². The van der Waals surface area contributed by atoms with Gasteiger partial charge in [-0.3, -0.25) is 4.79 Å². The molecule has 6 nitrogen and oxygen atoms in total. The van der Waals surface area contributed by atoms with Gasteiger partial charge < -0.3 is 20.7 Å². The molecule has 1 heterocycles. The fourth-order valence-electron chi connectivity index (χ4n) is 2.53. The van der Waals surface area contributed by atoms with Crippen molar-refractivity contribution in [3.05, 3.63) is 46.7 Å². The van der Waals surface area contributed by atoms with Gasteiger partial charge in [0, 0.05) is 22.6 Å². The van der Waals surface area contributed by atoms with Crippen LogP contribution in [-0.2, 0) is 11.2 Å². The van der Waals surface area contributed by atoms with Gasteiger partial charge in [-0.05, 0) is 76.8 Å². The zero-order valence-corrected chi connectivity index (χ0v) is 21.5. The van der Waals surface area contributed by atoms with Crippen molar-refractivity contribution < 1.29 is 9.53 Å². The molecule has 8 heteroatoms. The highest BCUT2D eigenvalue weighted by Crippen LogP contribution is 2.17. The summed E-state index contributed by atoms with van der Waals surface area (Å²) in [5, 5.41) is 11.6. The molecule has 2 rings (SSSR count). The summed E-state index contributed by atoms with van der Waals surface area (Å²) in [6.45, 7) is 10.6. The van der Waals surface area contributed by atoms with E-state index in [0.29, 0.717) is 5.96 Å². The summed E-state index contributed by atoms with van der Waals surface area (Å²) >= 11 is 1.73. The summed E-state index contributed by atoms with van der Waals surface area (Å²) in [6, 6.07) is 11.9. The fourth-order valence-corrected chi connectivity index (χ4v) is 3.24. The molecule has 1 amide bonds. The minimum Gasteiger partial charge on any atom is -0.491 e. The van der Waals surface area contributed by atoms with E-state index >= 15 is 0 Å². The lowest BCUT2D eigenvalue weighted by molar-refractivity contribution is -0.121. The Morgan fingerprint density at radius 3 is 2.43 bits per heavy atom. The lowest BCUT2D eigenvalue weighted by Gasteiger charge is -2.20. The first-order valence-corrected chi connectivity index (χ1v) is 10.7. The van der Waals surface area contributed by atoms with Gasteiger partial charge in [-0.25, -0.2) is 4.99 Å². The molecular weight excluding hydrogens is 511 g/mol. The molecule has 30 heavy (non-hydrogen) atoms. The van der Waals surface area contributed by atoms with Crippen LogP contribution in [0.3, 0.4) is 0 Å². The molecular formula is C22H33IN4O2S. The van der Waals surface area contributed by atoms with Crippen molar-refractivity contribution in [1.29, 1.82) is 0 Å². The topological polar surface area (TPSA) is 74.8 Å². The second-order valence-electron chi connectivity index (χ2n) is 8.04. The molecule has 2 aromatic rings. The first-order chi connectivity index (χ1) is 13.7. The van der Waals surface area contributed by atoms with Crippen LogP contribution in [0, 0.1) is 0 Å². The molecule has 0 aliphatic carbocycles. The number of nitrogens with zero attached hydrogens (tertiary/aromatic N) is 1. The van der Waals surface area contributed by atoms with Crippen LogP contribution in [0.25, 0.3) is 0 Å². The molecule has 1 aromatic carbocycles. The van der Waals surface area contributed by atoms with E-state index in [4.69, 9.17) is 4.74 Å². The Labute approximate surface area is 200 Å². The SMILES string of the molecule is CC(C)Oc1ccc(NC(=NCC(=O)NC(C)(C)C)NCCc2cccs2)cc1.I. The Morgan fingerprint density at radius 1 is 1.17 bits per heavy atom. The first kappa shape index (κ1) is 26.2. The number of nitrogens with one attached hydrogen (secondary N) is 3. The number of hydrogen-bond acceptors (Lipinski definition) is 4. The normalized spacial score (nSPS) is 11.6. The maximum atomic E-state index is 12.1. The maximum absolute atomic E-state index is 12.1. The number of anilines is 1. The molecule has 0 atom stereocenters. The number of amides is 1. The number of hydrogen-bond donors (Lipinski definition) is 3. The van der Waals surface area contributed by atoms with Gasteiger partial charge in [-0.2, -0.15) is 0 Å². The van der Waals surface area contributed by atoms with Crippen LogP contribution in [0.5, 0.6) is 5.75 Å². The molecule has 0 spiro atoms. The Kier molecular flexibility index (Phi) is 11.2. The van der Waals surface area contributed by atoms with Gasteiger partial charge in [-0.1, -0.05) is 6.07 Å². The first-order valence-electron chi connectivity index (χ1n) is 9.87. The number of aliphatic imine (C=N–C) groups is 1. The van der Waals surface area contributed by atoms with E-state index in [1.165, 1.54) is 4.88 Å². The third-order valence-electron chi connectivity index (χ3n) is 3.63. The quantitative estimate of drug-likeness (QED) is 0.257. The predicted octanol–water partition coefficient (Wildman–Crippen LogP) is 4.67. The van der Waals surface area contributed by atoms with Crippen molar-refractivity contribution in [2.45, 2.75) is 52.7 Å². The van der Waals surface area contributed by atoms with Crippen molar-refractivity contribution in [3.63, 3.8) is 0 Å². The Bertz CT molecular complexity index is 784. The van der Waals surface area contributed by atoms with Crippen LogP contribution in [0.4, 0.5) is 5.69 Å². The van der Waals surface area contributed by atoms with Gasteiger partial charge in [-0.15, -0.1) is 35.3 Å². The van der Waals surface area contributed by atoms with E-state index in [1.54, 1.807) is 11.3 Å². The van der Waals surface area contributed by atoms with Crippen molar-refractivity contribution in [1.82, 2.24) is 10.6 Å². The van der Waals surface area contributed by atoms with Crippen molar-refractivity contribution >= 4 is 52.9 Å². The van der Waals surface area contributed by atoms with Crippen LogP contribution < -0.4 is 20.7 Å². The predicted molar refractivity (Wildman–Crippen MR) is 137 cm³/mol. The van der Waals surface area contributed by atoms with Crippen LogP contribution in [-0.4, -0.2) is 36.6 Å². The third kappa shape index (κ3) is 10.8. The van der Waals surface area contributed by atoms with E-state index in [1.807, 2.05) is 65.0 Å². The highest BCUT2D eigenvalue weighted by Gasteiger charge is 2.13. The summed E-state index contributed by atoms with van der Waals surface area (Å²) < 4.78 is 5.68. The van der Waals surface area contributed by atoms with E-state index in [0.717, 1.165) is 24.4 Å². The minimum atomic E-state index is -0.279. The summed E-state index contributed by atoms with van der Waals surface area (Å²) in [5.41, 5.74) is 0.596. The molecule has 0 saturated heterocycles. The molecule has 0 fully saturated rings. The number of rotatable bonds is 8. The van der Waals surface area contributed by atoms with Crippen LogP contribution >= 0.6 is 35.3 Å². The lowest BCUT2D eigenvalue weighted by Crippen LogP contribution is -2.42. The van der Waals surface area contributed by atoms with Gasteiger partial charge >= 0.3 is 0 Å². The summed E-state index contributed by atoms with van der Waals surface area (Å²) in [6.07, 6.45) is 1.03. The number of carbonyl (C=O) groups is 1. The van der Waals surface area contributed by atoms with Crippen molar-refractivity contribution in [3.8, 4) is 5.75 Å². The number of halogens is 1. The van der Waals surface area contributed by atoms with Gasteiger partial charge in [0.25, 0.3) is 0 Å². The largest absolute Gasteiger partial charge is 0.491 e. The van der Waals surface area contributed by atoms with Crippen LogP contribution in [0.1, 0.15) is 39.5 Å². The Morgan fingerprint density at radius 2 is 1.87 bits per heavy atom. The zero-order chi connectivity index (χ0) is 21.3. The highest BCUT2D eigenvalue weighted by molar-refractivity contribution is 14.0. The van der Waals surface area contributed by atoms with Crippen LogP contribution in [0.15, 0.2) is 46.8 Å². The van der Waals surface area contributed by atoms with Crippen molar-refractivity contribution in [2.75, 3.05) is 18.4 Å². The molecule has 0 aliphatic rings.